The fraction of sp³-hybridized carbons (Fsp3) is 0.200. The highest BCUT2D eigenvalue weighted by Gasteiger charge is 2.18. The minimum atomic E-state index is -3.31. The number of rotatable bonds is 3. The highest BCUT2D eigenvalue weighted by molar-refractivity contribution is 7.91. The van der Waals surface area contributed by atoms with E-state index < -0.39 is 9.84 Å². The number of sulfone groups is 1. The summed E-state index contributed by atoms with van der Waals surface area (Å²) in [5.74, 6) is -0.0590. The molecule has 0 fully saturated rings. The summed E-state index contributed by atoms with van der Waals surface area (Å²) in [4.78, 5) is 0.226. The first-order valence-electron chi connectivity index (χ1n) is 4.54. The Bertz CT molecular complexity index is 571. The molecule has 1 aromatic carbocycles. The van der Waals surface area contributed by atoms with Crippen molar-refractivity contribution in [2.45, 2.75) is 4.90 Å². The third-order valence-electron chi connectivity index (χ3n) is 2.17. The fourth-order valence-corrected chi connectivity index (χ4v) is 2.69. The molecule has 15 heavy (non-hydrogen) atoms. The number of fused-ring (bicyclic) bond motifs is 1. The molecule has 4 nitrogen and oxygen atoms in total. The fourth-order valence-electron chi connectivity index (χ4n) is 1.46. The van der Waals surface area contributed by atoms with Gasteiger partial charge in [0.2, 0.25) is 0 Å². The van der Waals surface area contributed by atoms with Gasteiger partial charge in [0, 0.05) is 11.9 Å². The predicted molar refractivity (Wildman–Crippen MR) is 57.3 cm³/mol. The molecule has 0 aliphatic heterocycles. The van der Waals surface area contributed by atoms with Crippen LogP contribution >= 0.6 is 0 Å². The minimum absolute atomic E-state index is 0.0590. The Morgan fingerprint density at radius 3 is 2.73 bits per heavy atom. The molecule has 1 aromatic heterocycles. The maximum Gasteiger partial charge on any atom is 0.183 e. The number of benzene rings is 1. The van der Waals surface area contributed by atoms with Gasteiger partial charge in [0.15, 0.2) is 9.84 Å². The second kappa shape index (κ2) is 3.67. The monoisotopic (exact) mass is 225 g/mol. The van der Waals surface area contributed by atoms with Gasteiger partial charge in [-0.2, -0.15) is 0 Å². The van der Waals surface area contributed by atoms with Crippen molar-refractivity contribution in [3.63, 3.8) is 0 Å². The van der Waals surface area contributed by atoms with Crippen molar-refractivity contribution in [3.8, 4) is 0 Å². The third-order valence-corrected chi connectivity index (χ3v) is 3.93. The largest absolute Gasteiger partial charge is 0.463 e. The molecule has 5 heteroatoms. The van der Waals surface area contributed by atoms with Gasteiger partial charge in [0.05, 0.1) is 5.75 Å². The molecule has 0 atom stereocenters. The van der Waals surface area contributed by atoms with E-state index >= 15 is 0 Å². The molecule has 2 aromatic rings. The Morgan fingerprint density at radius 2 is 2.00 bits per heavy atom. The molecule has 0 aliphatic carbocycles. The Hall–Kier alpha value is -1.33. The molecule has 2 rings (SSSR count). The topological polar surface area (TPSA) is 73.3 Å². The van der Waals surface area contributed by atoms with Crippen LogP contribution < -0.4 is 5.73 Å². The van der Waals surface area contributed by atoms with Gasteiger partial charge in [-0.3, -0.25) is 0 Å². The molecule has 0 spiro atoms. The summed E-state index contributed by atoms with van der Waals surface area (Å²) in [6.07, 6.45) is 1.27. The number of furan rings is 1. The molecule has 2 N–H and O–H groups in total. The second-order valence-electron chi connectivity index (χ2n) is 3.20. The summed E-state index contributed by atoms with van der Waals surface area (Å²) in [6, 6.07) is 7.03. The van der Waals surface area contributed by atoms with Gasteiger partial charge >= 0.3 is 0 Å². The molecular formula is C10H11NO3S. The standard InChI is InChI=1S/C10H11NO3S/c11-5-6-15(12,13)10-7-14-9-4-2-1-3-8(9)10/h1-4,7H,5-6,11H2. The van der Waals surface area contributed by atoms with Crippen LogP contribution in [0.3, 0.4) is 0 Å². The van der Waals surface area contributed by atoms with E-state index in [0.717, 1.165) is 0 Å². The van der Waals surface area contributed by atoms with Crippen molar-refractivity contribution in [3.05, 3.63) is 30.5 Å². The van der Waals surface area contributed by atoms with E-state index in [4.69, 9.17) is 10.2 Å². The zero-order valence-corrected chi connectivity index (χ0v) is 8.83. The van der Waals surface area contributed by atoms with Crippen molar-refractivity contribution < 1.29 is 12.8 Å². The lowest BCUT2D eigenvalue weighted by Gasteiger charge is -1.98. The predicted octanol–water partition coefficient (Wildman–Crippen LogP) is 1.17. The highest BCUT2D eigenvalue weighted by atomic mass is 32.2. The van der Waals surface area contributed by atoms with E-state index in [2.05, 4.69) is 0 Å². The third kappa shape index (κ3) is 1.75. The van der Waals surface area contributed by atoms with Gasteiger partial charge in [0.25, 0.3) is 0 Å². The zero-order valence-electron chi connectivity index (χ0n) is 8.01. The lowest BCUT2D eigenvalue weighted by molar-refractivity contribution is 0.584. The van der Waals surface area contributed by atoms with Crippen LogP contribution in [-0.4, -0.2) is 20.7 Å². The molecule has 80 valence electrons. The smallest absolute Gasteiger partial charge is 0.183 e. The highest BCUT2D eigenvalue weighted by Crippen LogP contribution is 2.25. The number of hydrogen-bond donors (Lipinski definition) is 1. The van der Waals surface area contributed by atoms with Crippen molar-refractivity contribution in [1.82, 2.24) is 0 Å². The van der Waals surface area contributed by atoms with Crippen molar-refractivity contribution in [2.75, 3.05) is 12.3 Å². The van der Waals surface area contributed by atoms with E-state index in [0.29, 0.717) is 11.0 Å². The molecule has 0 unspecified atom stereocenters. The maximum absolute atomic E-state index is 11.8. The summed E-state index contributed by atoms with van der Waals surface area (Å²) >= 11 is 0. The van der Waals surface area contributed by atoms with Crippen molar-refractivity contribution in [2.24, 2.45) is 5.73 Å². The van der Waals surface area contributed by atoms with Crippen LogP contribution in [0.1, 0.15) is 0 Å². The molecular weight excluding hydrogens is 214 g/mol. The Morgan fingerprint density at radius 1 is 1.27 bits per heavy atom. The van der Waals surface area contributed by atoms with Crippen molar-refractivity contribution >= 4 is 20.8 Å². The summed E-state index contributed by atoms with van der Waals surface area (Å²) < 4.78 is 28.7. The normalized spacial score (nSPS) is 12.1. The van der Waals surface area contributed by atoms with Crippen molar-refractivity contribution in [1.29, 1.82) is 0 Å². The minimum Gasteiger partial charge on any atom is -0.463 e. The summed E-state index contributed by atoms with van der Waals surface area (Å²) in [5.41, 5.74) is 5.83. The molecule has 0 saturated heterocycles. The first-order chi connectivity index (χ1) is 7.15. The van der Waals surface area contributed by atoms with Gasteiger partial charge in [-0.25, -0.2) is 8.42 Å². The van der Waals surface area contributed by atoms with Crippen LogP contribution in [0.5, 0.6) is 0 Å². The van der Waals surface area contributed by atoms with Gasteiger partial charge in [-0.1, -0.05) is 12.1 Å². The first-order valence-corrected chi connectivity index (χ1v) is 6.19. The molecule has 0 amide bonds. The lowest BCUT2D eigenvalue weighted by Crippen LogP contribution is -2.15. The van der Waals surface area contributed by atoms with Crippen LogP contribution in [0.4, 0.5) is 0 Å². The quantitative estimate of drug-likeness (QED) is 0.850. The number of nitrogens with two attached hydrogens (primary N) is 1. The summed E-state index contributed by atoms with van der Waals surface area (Å²) in [7, 11) is -3.31. The second-order valence-corrected chi connectivity index (χ2v) is 5.28. The van der Waals surface area contributed by atoms with Gasteiger partial charge in [-0.15, -0.1) is 0 Å². The molecule has 0 aliphatic rings. The van der Waals surface area contributed by atoms with Crippen LogP contribution in [-0.2, 0) is 9.84 Å². The number of hydrogen-bond acceptors (Lipinski definition) is 4. The van der Waals surface area contributed by atoms with Gasteiger partial charge in [0.1, 0.15) is 16.7 Å². The van der Waals surface area contributed by atoms with E-state index in [1.165, 1.54) is 6.26 Å². The average molecular weight is 225 g/mol. The Labute approximate surface area is 87.6 Å². The molecule has 1 heterocycles. The molecule has 0 radical (unpaired) electrons. The van der Waals surface area contributed by atoms with Gasteiger partial charge in [-0.05, 0) is 12.1 Å². The SMILES string of the molecule is NCCS(=O)(=O)c1coc2ccccc12. The van der Waals surface area contributed by atoms with E-state index in [9.17, 15) is 8.42 Å². The summed E-state index contributed by atoms with van der Waals surface area (Å²) in [6.45, 7) is 0.113. The van der Waals surface area contributed by atoms with Gasteiger partial charge < -0.3 is 10.2 Å². The van der Waals surface area contributed by atoms with Crippen LogP contribution in [0.25, 0.3) is 11.0 Å². The van der Waals surface area contributed by atoms with E-state index in [1.54, 1.807) is 24.3 Å². The Kier molecular flexibility index (Phi) is 2.50. The lowest BCUT2D eigenvalue weighted by atomic mass is 10.3. The first kappa shape index (κ1) is 10.2. The zero-order chi connectivity index (χ0) is 10.9. The maximum atomic E-state index is 11.8. The van der Waals surface area contributed by atoms with Crippen LogP contribution in [0.2, 0.25) is 0 Å². The van der Waals surface area contributed by atoms with Crippen LogP contribution in [0.15, 0.2) is 39.8 Å². The molecule has 0 bridgehead atoms. The Balaban J connectivity index is 2.63. The van der Waals surface area contributed by atoms with E-state index in [-0.39, 0.29) is 17.2 Å². The van der Waals surface area contributed by atoms with Crippen LogP contribution in [0, 0.1) is 0 Å². The number of para-hydroxylation sites is 1. The summed E-state index contributed by atoms with van der Waals surface area (Å²) in [5, 5.41) is 0.617. The molecule has 0 saturated carbocycles. The average Bonchev–Trinajstić information content (AvgIpc) is 2.61. The van der Waals surface area contributed by atoms with E-state index in [1.807, 2.05) is 0 Å².